The van der Waals surface area contributed by atoms with Crippen LogP contribution in [-0.2, 0) is 0 Å². The second-order valence-corrected chi connectivity index (χ2v) is 6.58. The highest BCUT2D eigenvalue weighted by atomic mass is 19.1. The molecule has 5 rings (SSSR count). The Morgan fingerprint density at radius 1 is 0.828 bits per heavy atom. The van der Waals surface area contributed by atoms with Gasteiger partial charge in [0.1, 0.15) is 11.5 Å². The lowest BCUT2D eigenvalue weighted by molar-refractivity contribution is 0.627. The number of hydrogen-bond donors (Lipinski definition) is 0. The summed E-state index contributed by atoms with van der Waals surface area (Å²) in [5.41, 5.74) is 5.96. The van der Waals surface area contributed by atoms with Crippen molar-refractivity contribution in [1.82, 2.24) is 19.2 Å². The van der Waals surface area contributed by atoms with Crippen molar-refractivity contribution >= 4 is 5.65 Å². The van der Waals surface area contributed by atoms with Gasteiger partial charge in [-0.05, 0) is 54.6 Å². The minimum absolute atomic E-state index is 0.283. The van der Waals surface area contributed by atoms with Crippen molar-refractivity contribution in [3.63, 3.8) is 0 Å². The molecule has 0 unspecified atom stereocenters. The number of nitriles is 1. The Morgan fingerprint density at radius 3 is 2.34 bits per heavy atom. The zero-order valence-electron chi connectivity index (χ0n) is 15.2. The summed E-state index contributed by atoms with van der Waals surface area (Å²) < 4.78 is 17.1. The number of benzene rings is 2. The number of pyridine rings is 1. The van der Waals surface area contributed by atoms with Crippen molar-refractivity contribution in [2.45, 2.75) is 0 Å². The zero-order valence-corrected chi connectivity index (χ0v) is 15.2. The molecule has 3 heterocycles. The third-order valence-electron chi connectivity index (χ3n) is 4.83. The average molecular weight is 379 g/mol. The topological polar surface area (TPSA) is 58.9 Å². The summed E-state index contributed by atoms with van der Waals surface area (Å²) in [7, 11) is 0. The fraction of sp³-hybridized carbons (Fsp3) is 0. The summed E-state index contributed by atoms with van der Waals surface area (Å²) >= 11 is 0. The van der Waals surface area contributed by atoms with Crippen LogP contribution in [0.3, 0.4) is 0 Å². The van der Waals surface area contributed by atoms with Gasteiger partial charge in [-0.2, -0.15) is 10.4 Å². The van der Waals surface area contributed by atoms with Crippen LogP contribution in [0, 0.1) is 17.1 Å². The van der Waals surface area contributed by atoms with Gasteiger partial charge in [-0.3, -0.25) is 4.40 Å². The van der Waals surface area contributed by atoms with Crippen molar-refractivity contribution in [2.75, 3.05) is 0 Å². The molecular weight excluding hydrogens is 365 g/mol. The molecule has 0 amide bonds. The van der Waals surface area contributed by atoms with Gasteiger partial charge in [0.15, 0.2) is 0 Å². The average Bonchev–Trinajstić information content (AvgIpc) is 3.41. The Balaban J connectivity index is 1.62. The highest BCUT2D eigenvalue weighted by Gasteiger charge is 2.11. The number of fused-ring (bicyclic) bond motifs is 1. The van der Waals surface area contributed by atoms with Gasteiger partial charge in [-0.25, -0.2) is 14.1 Å². The molecule has 2 aromatic carbocycles. The van der Waals surface area contributed by atoms with Crippen LogP contribution in [0.4, 0.5) is 4.39 Å². The first kappa shape index (κ1) is 16.9. The minimum Gasteiger partial charge on any atom is -0.299 e. The van der Waals surface area contributed by atoms with Crippen molar-refractivity contribution in [1.29, 1.82) is 5.26 Å². The lowest BCUT2D eigenvalue weighted by Crippen LogP contribution is -2.00. The van der Waals surface area contributed by atoms with Gasteiger partial charge < -0.3 is 0 Å². The Labute approximate surface area is 165 Å². The molecule has 5 aromatic rings. The van der Waals surface area contributed by atoms with Crippen molar-refractivity contribution in [2.24, 2.45) is 0 Å². The quantitative estimate of drug-likeness (QED) is 0.450. The van der Waals surface area contributed by atoms with E-state index in [1.54, 1.807) is 35.1 Å². The second kappa shape index (κ2) is 6.73. The Hall–Kier alpha value is -4.24. The summed E-state index contributed by atoms with van der Waals surface area (Å²) in [5.74, 6) is -0.283. The van der Waals surface area contributed by atoms with Crippen molar-refractivity contribution in [3.8, 4) is 34.3 Å². The zero-order chi connectivity index (χ0) is 19.8. The highest BCUT2D eigenvalue weighted by molar-refractivity contribution is 5.69. The number of aromatic nitrogens is 4. The number of hydrogen-bond acceptors (Lipinski definition) is 3. The number of imidazole rings is 1. The second-order valence-electron chi connectivity index (χ2n) is 6.58. The van der Waals surface area contributed by atoms with Crippen LogP contribution in [0.5, 0.6) is 0 Å². The number of halogens is 1. The minimum atomic E-state index is -0.283. The van der Waals surface area contributed by atoms with E-state index in [4.69, 9.17) is 5.26 Å². The molecular formula is C23H14FN5. The maximum atomic E-state index is 13.3. The predicted molar refractivity (Wildman–Crippen MR) is 108 cm³/mol. The van der Waals surface area contributed by atoms with Crippen LogP contribution in [0.25, 0.3) is 33.8 Å². The van der Waals surface area contributed by atoms with Crippen LogP contribution in [0.15, 0.2) is 85.3 Å². The Kier molecular flexibility index (Phi) is 3.92. The first-order chi connectivity index (χ1) is 14.2. The smallest absolute Gasteiger partial charge is 0.137 e. The summed E-state index contributed by atoms with van der Waals surface area (Å²) in [6.45, 7) is 0. The molecule has 5 nitrogen and oxygen atoms in total. The molecule has 0 aliphatic rings. The maximum Gasteiger partial charge on any atom is 0.137 e. The van der Waals surface area contributed by atoms with Gasteiger partial charge in [-0.1, -0.05) is 12.1 Å². The van der Waals surface area contributed by atoms with E-state index < -0.39 is 0 Å². The molecule has 29 heavy (non-hydrogen) atoms. The lowest BCUT2D eigenvalue weighted by Gasteiger charge is -2.09. The largest absolute Gasteiger partial charge is 0.299 e. The summed E-state index contributed by atoms with van der Waals surface area (Å²) in [6.07, 6.45) is 5.54. The molecule has 0 spiro atoms. The van der Waals surface area contributed by atoms with Gasteiger partial charge >= 0.3 is 0 Å². The molecule has 0 saturated carbocycles. The fourth-order valence-electron chi connectivity index (χ4n) is 3.37. The molecule has 6 heteroatoms. The van der Waals surface area contributed by atoms with Crippen molar-refractivity contribution < 1.29 is 4.39 Å². The third kappa shape index (κ3) is 2.95. The summed E-state index contributed by atoms with van der Waals surface area (Å²) in [5, 5.41) is 13.4. The normalized spacial score (nSPS) is 10.9. The molecule has 0 fully saturated rings. The van der Waals surface area contributed by atoms with Gasteiger partial charge in [0, 0.05) is 17.3 Å². The van der Waals surface area contributed by atoms with E-state index in [2.05, 4.69) is 16.2 Å². The third-order valence-corrected chi connectivity index (χ3v) is 4.83. The van der Waals surface area contributed by atoms with Gasteiger partial charge in [-0.15, -0.1) is 0 Å². The molecule has 0 aliphatic heterocycles. The monoisotopic (exact) mass is 379 g/mol. The molecule has 0 saturated heterocycles. The van der Waals surface area contributed by atoms with Crippen LogP contribution < -0.4 is 0 Å². The number of nitrogens with zero attached hydrogens (tertiary/aromatic N) is 5. The Morgan fingerprint density at radius 2 is 1.59 bits per heavy atom. The van der Waals surface area contributed by atoms with E-state index in [0.29, 0.717) is 5.56 Å². The van der Waals surface area contributed by atoms with Crippen molar-refractivity contribution in [3.05, 3.63) is 96.7 Å². The molecule has 0 N–H and O–H groups in total. The summed E-state index contributed by atoms with van der Waals surface area (Å²) in [6, 6.07) is 21.6. The Bertz CT molecular complexity index is 1360. The van der Waals surface area contributed by atoms with E-state index in [0.717, 1.165) is 33.8 Å². The van der Waals surface area contributed by atoms with E-state index >= 15 is 0 Å². The van der Waals surface area contributed by atoms with E-state index in [1.165, 1.54) is 12.1 Å². The van der Waals surface area contributed by atoms with Crippen LogP contribution in [0.1, 0.15) is 5.56 Å². The molecule has 0 radical (unpaired) electrons. The molecule has 138 valence electrons. The number of rotatable bonds is 3. The molecule has 3 aromatic heterocycles. The molecule has 0 atom stereocenters. The SMILES string of the molecule is N#Cc1ccc(-c2cnc3ccc(-c4ccnn4-c4ccc(F)cc4)cn23)cc1. The molecule has 0 bridgehead atoms. The predicted octanol–water partition coefficient (Wildman–Crippen LogP) is 4.86. The maximum absolute atomic E-state index is 13.3. The van der Waals surface area contributed by atoms with Crippen LogP contribution in [0.2, 0.25) is 0 Å². The first-order valence-corrected chi connectivity index (χ1v) is 9.01. The van der Waals surface area contributed by atoms with Gasteiger partial charge in [0.05, 0.1) is 41.1 Å². The van der Waals surface area contributed by atoms with Crippen LogP contribution >= 0.6 is 0 Å². The fourth-order valence-corrected chi connectivity index (χ4v) is 3.37. The van der Waals surface area contributed by atoms with E-state index in [1.807, 2.05) is 47.1 Å². The standard InChI is InChI=1S/C23H14FN5/c24-19-6-8-20(9-7-19)29-21(11-12-27-29)18-5-10-23-26-14-22(28(23)15-18)17-3-1-16(13-25)2-4-17/h1-12,14-15H. The van der Waals surface area contributed by atoms with Gasteiger partial charge in [0.25, 0.3) is 0 Å². The summed E-state index contributed by atoms with van der Waals surface area (Å²) in [4.78, 5) is 4.48. The van der Waals surface area contributed by atoms with E-state index in [-0.39, 0.29) is 5.82 Å². The molecule has 0 aliphatic carbocycles. The first-order valence-electron chi connectivity index (χ1n) is 9.01. The highest BCUT2D eigenvalue weighted by Crippen LogP contribution is 2.27. The lowest BCUT2D eigenvalue weighted by atomic mass is 10.1. The van der Waals surface area contributed by atoms with E-state index in [9.17, 15) is 4.39 Å². The van der Waals surface area contributed by atoms with Crippen LogP contribution in [-0.4, -0.2) is 19.2 Å². The van der Waals surface area contributed by atoms with Gasteiger partial charge in [0.2, 0.25) is 0 Å².